The first-order chi connectivity index (χ1) is 16.4. The van der Waals surface area contributed by atoms with Crippen LogP contribution in [0.1, 0.15) is 61.6 Å². The Kier molecular flexibility index (Phi) is 6.16. The van der Waals surface area contributed by atoms with Crippen molar-refractivity contribution in [1.29, 1.82) is 0 Å². The van der Waals surface area contributed by atoms with Gasteiger partial charge < -0.3 is 14.8 Å². The molecule has 1 N–H and O–H groups in total. The van der Waals surface area contributed by atoms with Crippen LogP contribution in [-0.2, 0) is 14.3 Å². The smallest absolute Gasteiger partial charge is 0.281 e. The van der Waals surface area contributed by atoms with Gasteiger partial charge in [-0.3, -0.25) is 19.2 Å². The second-order valence-corrected chi connectivity index (χ2v) is 10.0. The van der Waals surface area contributed by atoms with E-state index in [2.05, 4.69) is 34.2 Å². The number of aliphatic imine (C=N–C) groups is 1. The maximum Gasteiger partial charge on any atom is 0.281 e. The van der Waals surface area contributed by atoms with Gasteiger partial charge in [0, 0.05) is 36.8 Å². The number of ether oxygens (including phenoxy) is 2. The molecule has 1 saturated heterocycles. The number of morpholine rings is 1. The topological polar surface area (TPSA) is 98.0 Å². The van der Waals surface area contributed by atoms with E-state index in [1.165, 1.54) is 0 Å². The maximum atomic E-state index is 13.4. The van der Waals surface area contributed by atoms with Gasteiger partial charge in [0.1, 0.15) is 11.7 Å². The Morgan fingerprint density at radius 2 is 2.00 bits per heavy atom. The van der Waals surface area contributed by atoms with Crippen LogP contribution in [-0.4, -0.2) is 77.7 Å². The van der Waals surface area contributed by atoms with Crippen LogP contribution in [0, 0.1) is 5.92 Å². The lowest BCUT2D eigenvalue weighted by atomic mass is 9.87. The van der Waals surface area contributed by atoms with Crippen LogP contribution in [0.25, 0.3) is 5.57 Å². The molecule has 0 aromatic carbocycles. The SMILES string of the molecule is COC1=CC2=NC(=O)c3cnn(C4CCCC4)c3C2=CC1C(=O)NCC(C)(C)N1CCOCC1. The van der Waals surface area contributed by atoms with Crippen molar-refractivity contribution in [3.8, 4) is 0 Å². The summed E-state index contributed by atoms with van der Waals surface area (Å²) >= 11 is 0. The fraction of sp³-hybridized carbons (Fsp3) is 0.600. The number of methoxy groups -OCH3 is 1. The summed E-state index contributed by atoms with van der Waals surface area (Å²) in [5, 5.41) is 7.69. The summed E-state index contributed by atoms with van der Waals surface area (Å²) in [6.45, 7) is 7.89. The average molecular weight is 468 g/mol. The quantitative estimate of drug-likeness (QED) is 0.690. The van der Waals surface area contributed by atoms with E-state index < -0.39 is 5.92 Å². The zero-order chi connectivity index (χ0) is 23.9. The maximum absolute atomic E-state index is 13.4. The van der Waals surface area contributed by atoms with Crippen LogP contribution in [0.15, 0.2) is 29.1 Å². The Bertz CT molecular complexity index is 1070. The number of carbonyl (C=O) groups is 2. The number of hydrogen-bond donors (Lipinski definition) is 1. The molecule has 1 aromatic heterocycles. The molecule has 1 unspecified atom stereocenters. The van der Waals surface area contributed by atoms with Crippen molar-refractivity contribution in [2.75, 3.05) is 40.0 Å². The van der Waals surface area contributed by atoms with E-state index in [0.29, 0.717) is 36.8 Å². The zero-order valence-electron chi connectivity index (χ0n) is 20.2. The highest BCUT2D eigenvalue weighted by atomic mass is 16.5. The largest absolute Gasteiger partial charge is 0.500 e. The molecule has 5 rings (SSSR count). The van der Waals surface area contributed by atoms with Gasteiger partial charge in [-0.25, -0.2) is 4.99 Å². The Hall–Kier alpha value is -2.78. The number of hydrogen-bond acceptors (Lipinski definition) is 6. The van der Waals surface area contributed by atoms with E-state index in [9.17, 15) is 9.59 Å². The minimum Gasteiger partial charge on any atom is -0.500 e. The van der Waals surface area contributed by atoms with E-state index in [-0.39, 0.29) is 23.4 Å². The molecule has 1 atom stereocenters. The Morgan fingerprint density at radius 1 is 1.26 bits per heavy atom. The molecule has 2 amide bonds. The third-order valence-electron chi connectivity index (χ3n) is 7.45. The first kappa shape index (κ1) is 23.0. The van der Waals surface area contributed by atoms with Crippen LogP contribution >= 0.6 is 0 Å². The predicted octanol–water partition coefficient (Wildman–Crippen LogP) is 2.36. The third-order valence-corrected chi connectivity index (χ3v) is 7.45. The van der Waals surface area contributed by atoms with Gasteiger partial charge in [0.2, 0.25) is 5.91 Å². The summed E-state index contributed by atoms with van der Waals surface area (Å²) in [5.74, 6) is -0.556. The monoisotopic (exact) mass is 467 g/mol. The number of rotatable bonds is 6. The lowest BCUT2D eigenvalue weighted by molar-refractivity contribution is -0.124. The molecule has 1 aromatic rings. The van der Waals surface area contributed by atoms with Gasteiger partial charge in [0.25, 0.3) is 5.91 Å². The number of amides is 2. The van der Waals surface area contributed by atoms with E-state index in [0.717, 1.165) is 50.0 Å². The highest BCUT2D eigenvalue weighted by molar-refractivity contribution is 6.36. The molecule has 182 valence electrons. The number of nitrogens with zero attached hydrogens (tertiary/aromatic N) is 4. The minimum atomic E-state index is -0.604. The molecule has 2 fully saturated rings. The van der Waals surface area contributed by atoms with Gasteiger partial charge in [0.05, 0.1) is 49.5 Å². The number of fused-ring (bicyclic) bond motifs is 3. The van der Waals surface area contributed by atoms with Crippen molar-refractivity contribution >= 4 is 23.1 Å². The van der Waals surface area contributed by atoms with Crippen LogP contribution in [0.4, 0.5) is 0 Å². The van der Waals surface area contributed by atoms with Gasteiger partial charge in [-0.15, -0.1) is 0 Å². The van der Waals surface area contributed by atoms with Crippen LogP contribution in [0.2, 0.25) is 0 Å². The Labute approximate surface area is 199 Å². The van der Waals surface area contributed by atoms with E-state index >= 15 is 0 Å². The first-order valence-electron chi connectivity index (χ1n) is 12.2. The van der Waals surface area contributed by atoms with Crippen LogP contribution in [0.3, 0.4) is 0 Å². The average Bonchev–Trinajstić information content (AvgIpc) is 3.53. The standard InChI is InChI=1S/C25H33N5O4/c1-25(2,29-8-10-34-11-9-29)15-26-23(31)18-12-17-20(13-21(18)33-3)28-24(32)19-14-27-30(22(17)19)16-6-4-5-7-16/h12-14,16,18H,4-11,15H2,1-3H3,(H,26,31). The molecule has 4 aliphatic rings. The minimum absolute atomic E-state index is 0.133. The zero-order valence-corrected chi connectivity index (χ0v) is 20.2. The fourth-order valence-corrected chi connectivity index (χ4v) is 5.40. The third kappa shape index (κ3) is 4.11. The molecule has 0 radical (unpaired) electrons. The van der Waals surface area contributed by atoms with Crippen molar-refractivity contribution in [2.24, 2.45) is 10.9 Å². The highest BCUT2D eigenvalue weighted by Gasteiger charge is 2.37. The second-order valence-electron chi connectivity index (χ2n) is 10.0. The predicted molar refractivity (Wildman–Crippen MR) is 128 cm³/mol. The fourth-order valence-electron chi connectivity index (χ4n) is 5.40. The summed E-state index contributed by atoms with van der Waals surface area (Å²) in [4.78, 5) is 32.7. The molecule has 1 saturated carbocycles. The number of nitrogens with one attached hydrogen (secondary N) is 1. The lowest BCUT2D eigenvalue weighted by Crippen LogP contribution is -2.55. The summed E-state index contributed by atoms with van der Waals surface area (Å²) in [6, 6.07) is 0.270. The molecule has 3 heterocycles. The summed E-state index contributed by atoms with van der Waals surface area (Å²) in [5.41, 5.74) is 2.40. The van der Waals surface area contributed by atoms with E-state index in [1.54, 1.807) is 19.4 Å². The highest BCUT2D eigenvalue weighted by Crippen LogP contribution is 2.38. The summed E-state index contributed by atoms with van der Waals surface area (Å²) in [6.07, 6.45) is 9.62. The van der Waals surface area contributed by atoms with Gasteiger partial charge in [-0.2, -0.15) is 5.10 Å². The summed E-state index contributed by atoms with van der Waals surface area (Å²) in [7, 11) is 1.54. The van der Waals surface area contributed by atoms with Gasteiger partial charge in [-0.1, -0.05) is 18.9 Å². The number of carbonyl (C=O) groups excluding carboxylic acids is 2. The normalized spacial score (nSPS) is 23.6. The molecule has 2 aliphatic heterocycles. The molecule has 9 heteroatoms. The molecule has 0 bridgehead atoms. The Balaban J connectivity index is 1.41. The lowest BCUT2D eigenvalue weighted by Gasteiger charge is -2.41. The van der Waals surface area contributed by atoms with Crippen molar-refractivity contribution < 1.29 is 19.1 Å². The van der Waals surface area contributed by atoms with Crippen molar-refractivity contribution in [2.45, 2.75) is 51.1 Å². The molecule has 9 nitrogen and oxygen atoms in total. The van der Waals surface area contributed by atoms with Crippen LogP contribution < -0.4 is 5.32 Å². The van der Waals surface area contributed by atoms with E-state index in [4.69, 9.17) is 9.47 Å². The number of aromatic nitrogens is 2. The number of allylic oxidation sites excluding steroid dienone is 2. The summed E-state index contributed by atoms with van der Waals surface area (Å²) < 4.78 is 13.0. The van der Waals surface area contributed by atoms with Crippen molar-refractivity contribution in [3.63, 3.8) is 0 Å². The molecule has 2 aliphatic carbocycles. The van der Waals surface area contributed by atoms with Gasteiger partial charge in [0.15, 0.2) is 0 Å². The van der Waals surface area contributed by atoms with Gasteiger partial charge in [-0.05, 0) is 26.7 Å². The van der Waals surface area contributed by atoms with Crippen LogP contribution in [0.5, 0.6) is 0 Å². The van der Waals surface area contributed by atoms with E-state index in [1.807, 2.05) is 10.8 Å². The molecular weight excluding hydrogens is 434 g/mol. The van der Waals surface area contributed by atoms with Gasteiger partial charge >= 0.3 is 0 Å². The molecule has 34 heavy (non-hydrogen) atoms. The molecule has 0 spiro atoms. The molecular formula is C25H33N5O4. The van der Waals surface area contributed by atoms with Crippen molar-refractivity contribution in [3.05, 3.63) is 35.4 Å². The first-order valence-corrected chi connectivity index (χ1v) is 12.2. The van der Waals surface area contributed by atoms with Crippen molar-refractivity contribution in [1.82, 2.24) is 20.0 Å². The second kappa shape index (κ2) is 9.11. The Morgan fingerprint density at radius 3 is 2.71 bits per heavy atom.